The molecule has 1 saturated heterocycles. The minimum absolute atomic E-state index is 0.0579. The summed E-state index contributed by atoms with van der Waals surface area (Å²) in [6, 6.07) is 19.4. The zero-order valence-corrected chi connectivity index (χ0v) is 14.6. The van der Waals surface area contributed by atoms with Crippen molar-refractivity contribution in [3.05, 3.63) is 78.4 Å². The minimum atomic E-state index is -0.0579. The van der Waals surface area contributed by atoms with Gasteiger partial charge in [-0.1, -0.05) is 55.1 Å². The Hall–Kier alpha value is -2.43. The van der Waals surface area contributed by atoms with E-state index in [0.29, 0.717) is 17.9 Å². The average molecular weight is 336 g/mol. The molecule has 0 spiro atoms. The third-order valence-corrected chi connectivity index (χ3v) is 4.54. The van der Waals surface area contributed by atoms with Gasteiger partial charge in [-0.25, -0.2) is 10.0 Å². The van der Waals surface area contributed by atoms with Gasteiger partial charge in [0.1, 0.15) is 0 Å². The van der Waals surface area contributed by atoms with Crippen molar-refractivity contribution in [1.82, 2.24) is 10.0 Å². The van der Waals surface area contributed by atoms with E-state index in [4.69, 9.17) is 4.74 Å². The molecule has 0 unspecified atom stereocenters. The van der Waals surface area contributed by atoms with Gasteiger partial charge in [0.05, 0.1) is 18.3 Å². The van der Waals surface area contributed by atoms with E-state index in [1.807, 2.05) is 60.7 Å². The van der Waals surface area contributed by atoms with Crippen LogP contribution in [0.2, 0.25) is 0 Å². The highest BCUT2D eigenvalue weighted by Gasteiger charge is 2.34. The first-order valence-corrected chi connectivity index (χ1v) is 8.61. The molecule has 0 saturated carbocycles. The van der Waals surface area contributed by atoms with E-state index in [-0.39, 0.29) is 11.9 Å². The van der Waals surface area contributed by atoms with Crippen LogP contribution in [0.1, 0.15) is 28.8 Å². The molecule has 4 heteroatoms. The van der Waals surface area contributed by atoms with E-state index >= 15 is 0 Å². The lowest BCUT2D eigenvalue weighted by Gasteiger charge is -2.37. The second kappa shape index (κ2) is 8.10. The Balaban J connectivity index is 1.96. The summed E-state index contributed by atoms with van der Waals surface area (Å²) in [5, 5.41) is 3.84. The van der Waals surface area contributed by atoms with Gasteiger partial charge < -0.3 is 4.74 Å². The first kappa shape index (κ1) is 17.4. The Kier molecular flexibility index (Phi) is 5.64. The SMILES string of the molecule is C=C(c1ccccc1)N(C(=O)c1ccccc1)N1CCC[C@H]1COC. The van der Waals surface area contributed by atoms with E-state index in [1.54, 1.807) is 12.1 Å². The molecule has 0 aliphatic carbocycles. The van der Waals surface area contributed by atoms with Gasteiger partial charge in [-0.2, -0.15) is 0 Å². The highest BCUT2D eigenvalue weighted by atomic mass is 16.5. The summed E-state index contributed by atoms with van der Waals surface area (Å²) in [7, 11) is 1.70. The number of nitrogens with zero attached hydrogens (tertiary/aromatic N) is 2. The van der Waals surface area contributed by atoms with E-state index in [9.17, 15) is 4.79 Å². The number of ether oxygens (including phenoxy) is 1. The number of carbonyl (C=O) groups excluding carboxylic acids is 1. The zero-order valence-electron chi connectivity index (χ0n) is 14.6. The van der Waals surface area contributed by atoms with Crippen molar-refractivity contribution in [2.24, 2.45) is 0 Å². The largest absolute Gasteiger partial charge is 0.383 e. The normalized spacial score (nSPS) is 17.4. The Labute approximate surface area is 149 Å². The smallest absolute Gasteiger partial charge is 0.272 e. The summed E-state index contributed by atoms with van der Waals surface area (Å²) in [6.07, 6.45) is 2.04. The van der Waals surface area contributed by atoms with Crippen LogP contribution >= 0.6 is 0 Å². The number of carbonyl (C=O) groups is 1. The van der Waals surface area contributed by atoms with Crippen molar-refractivity contribution >= 4 is 11.6 Å². The lowest BCUT2D eigenvalue weighted by molar-refractivity contribution is -0.00236. The molecular weight excluding hydrogens is 312 g/mol. The van der Waals surface area contributed by atoms with Crippen molar-refractivity contribution in [3.8, 4) is 0 Å². The summed E-state index contributed by atoms with van der Waals surface area (Å²) in [5.74, 6) is -0.0579. The number of rotatable bonds is 6. The lowest BCUT2D eigenvalue weighted by atomic mass is 10.1. The highest BCUT2D eigenvalue weighted by Crippen LogP contribution is 2.28. The quantitative estimate of drug-likeness (QED) is 0.804. The van der Waals surface area contributed by atoms with E-state index in [0.717, 1.165) is 24.9 Å². The summed E-state index contributed by atoms with van der Waals surface area (Å²) in [6.45, 7) is 5.65. The second-order valence-electron chi connectivity index (χ2n) is 6.21. The molecule has 0 aromatic heterocycles. The second-order valence-corrected chi connectivity index (χ2v) is 6.21. The standard InChI is InChI=1S/C21H24N2O2/c1-17(18-10-5-3-6-11-18)23(21(24)19-12-7-4-8-13-19)22-15-9-14-20(22)16-25-2/h3-8,10-13,20H,1,9,14-16H2,2H3/t20-/m0/s1. The van der Waals surface area contributed by atoms with Gasteiger partial charge in [-0.3, -0.25) is 4.79 Å². The topological polar surface area (TPSA) is 32.8 Å². The number of benzene rings is 2. The van der Waals surface area contributed by atoms with Gasteiger partial charge in [0.2, 0.25) is 0 Å². The summed E-state index contributed by atoms with van der Waals surface area (Å²) >= 11 is 0. The average Bonchev–Trinajstić information content (AvgIpc) is 3.11. The van der Waals surface area contributed by atoms with Crippen LogP contribution in [-0.2, 0) is 4.74 Å². The van der Waals surface area contributed by atoms with Gasteiger partial charge in [-0.05, 0) is 30.5 Å². The summed E-state index contributed by atoms with van der Waals surface area (Å²) < 4.78 is 5.37. The van der Waals surface area contributed by atoms with Crippen LogP contribution in [-0.4, -0.2) is 42.2 Å². The molecule has 25 heavy (non-hydrogen) atoms. The van der Waals surface area contributed by atoms with Gasteiger partial charge in [0.25, 0.3) is 5.91 Å². The van der Waals surface area contributed by atoms with Gasteiger partial charge in [0.15, 0.2) is 0 Å². The first-order valence-electron chi connectivity index (χ1n) is 8.61. The molecule has 1 heterocycles. The van der Waals surface area contributed by atoms with Crippen molar-refractivity contribution in [2.75, 3.05) is 20.3 Å². The van der Waals surface area contributed by atoms with Crippen molar-refractivity contribution in [3.63, 3.8) is 0 Å². The third kappa shape index (κ3) is 3.81. The fourth-order valence-electron chi connectivity index (χ4n) is 3.30. The Morgan fingerprint density at radius 1 is 1.12 bits per heavy atom. The van der Waals surface area contributed by atoms with Crippen molar-refractivity contribution in [2.45, 2.75) is 18.9 Å². The molecule has 0 radical (unpaired) electrons. The van der Waals surface area contributed by atoms with Crippen LogP contribution in [0.15, 0.2) is 67.2 Å². The molecule has 1 atom stereocenters. The van der Waals surface area contributed by atoms with Crippen LogP contribution in [0.25, 0.3) is 5.70 Å². The number of hydrogen-bond donors (Lipinski definition) is 0. The maximum absolute atomic E-state index is 13.3. The molecule has 1 fully saturated rings. The molecule has 4 nitrogen and oxygen atoms in total. The Bertz CT molecular complexity index is 664. The summed E-state index contributed by atoms with van der Waals surface area (Å²) in [5.41, 5.74) is 2.29. The van der Waals surface area contributed by atoms with Crippen LogP contribution < -0.4 is 0 Å². The van der Waals surface area contributed by atoms with Crippen LogP contribution in [0.5, 0.6) is 0 Å². The zero-order chi connectivity index (χ0) is 17.6. The maximum Gasteiger partial charge on any atom is 0.272 e. The number of methoxy groups -OCH3 is 1. The highest BCUT2D eigenvalue weighted by molar-refractivity contribution is 5.99. The van der Waals surface area contributed by atoms with Crippen molar-refractivity contribution in [1.29, 1.82) is 0 Å². The van der Waals surface area contributed by atoms with E-state index < -0.39 is 0 Å². The molecule has 3 rings (SSSR count). The molecule has 2 aromatic rings. The van der Waals surface area contributed by atoms with Crippen LogP contribution in [0, 0.1) is 0 Å². The van der Waals surface area contributed by atoms with Gasteiger partial charge in [0, 0.05) is 19.2 Å². The Morgan fingerprint density at radius 3 is 2.32 bits per heavy atom. The molecule has 0 N–H and O–H groups in total. The van der Waals surface area contributed by atoms with Crippen molar-refractivity contribution < 1.29 is 9.53 Å². The number of amides is 1. The number of hydrazine groups is 1. The van der Waals surface area contributed by atoms with E-state index in [2.05, 4.69) is 11.6 Å². The van der Waals surface area contributed by atoms with E-state index in [1.165, 1.54) is 0 Å². The molecule has 0 bridgehead atoms. The molecule has 2 aromatic carbocycles. The molecule has 130 valence electrons. The molecule has 1 aliphatic heterocycles. The molecule has 1 aliphatic rings. The predicted molar refractivity (Wildman–Crippen MR) is 99.7 cm³/mol. The molecule has 1 amide bonds. The minimum Gasteiger partial charge on any atom is -0.383 e. The Morgan fingerprint density at radius 2 is 1.72 bits per heavy atom. The lowest BCUT2D eigenvalue weighted by Crippen LogP contribution is -2.49. The fourth-order valence-corrected chi connectivity index (χ4v) is 3.30. The fraction of sp³-hybridized carbons (Fsp3) is 0.286. The maximum atomic E-state index is 13.3. The monoisotopic (exact) mass is 336 g/mol. The van der Waals surface area contributed by atoms with Gasteiger partial charge >= 0.3 is 0 Å². The molecular formula is C21H24N2O2. The summed E-state index contributed by atoms with van der Waals surface area (Å²) in [4.78, 5) is 13.3. The van der Waals surface area contributed by atoms with Crippen LogP contribution in [0.3, 0.4) is 0 Å². The third-order valence-electron chi connectivity index (χ3n) is 4.54. The van der Waals surface area contributed by atoms with Crippen LogP contribution in [0.4, 0.5) is 0 Å². The van der Waals surface area contributed by atoms with Gasteiger partial charge in [-0.15, -0.1) is 0 Å². The first-order chi connectivity index (χ1) is 12.2. The predicted octanol–water partition coefficient (Wildman–Crippen LogP) is 3.83. The number of hydrogen-bond acceptors (Lipinski definition) is 3.